The Labute approximate surface area is 90.0 Å². The number of nitrogens with zero attached hydrogens (tertiary/aromatic N) is 2. The molecule has 2 nitrogen and oxygen atoms in total. The fraction of sp³-hybridized carbons (Fsp3) is 0.154. The molecule has 2 aromatic rings. The summed E-state index contributed by atoms with van der Waals surface area (Å²) in [6.07, 6.45) is 4.57. The highest BCUT2D eigenvalue weighted by Gasteiger charge is 2.14. The van der Waals surface area contributed by atoms with Gasteiger partial charge in [0.1, 0.15) is 0 Å². The van der Waals surface area contributed by atoms with Crippen molar-refractivity contribution in [2.24, 2.45) is 0 Å². The Bertz CT molecular complexity index is 358. The second-order valence-corrected chi connectivity index (χ2v) is 3.26. The molecule has 0 spiro atoms. The molecule has 0 bridgehead atoms. The molecule has 0 aromatic carbocycles. The van der Waals surface area contributed by atoms with Gasteiger partial charge in [-0.05, 0) is 30.7 Å². The normalized spacial score (nSPS) is 10.5. The molecule has 75 valence electrons. The second kappa shape index (κ2) is 4.69. The summed E-state index contributed by atoms with van der Waals surface area (Å²) in [6, 6.07) is 11.9. The van der Waals surface area contributed by atoms with E-state index in [1.807, 2.05) is 48.8 Å². The molecule has 0 amide bonds. The number of rotatable bonds is 3. The number of aromatic nitrogens is 2. The number of hydrogen-bond donors (Lipinski definition) is 0. The topological polar surface area (TPSA) is 25.8 Å². The van der Waals surface area contributed by atoms with Crippen molar-refractivity contribution in [2.45, 2.75) is 13.3 Å². The molecule has 15 heavy (non-hydrogen) atoms. The maximum Gasteiger partial charge on any atom is 0.0712 e. The van der Waals surface area contributed by atoms with Crippen LogP contribution in [0.5, 0.6) is 0 Å². The number of hydrogen-bond acceptors (Lipinski definition) is 2. The van der Waals surface area contributed by atoms with Gasteiger partial charge in [-0.2, -0.15) is 0 Å². The van der Waals surface area contributed by atoms with E-state index in [-0.39, 0.29) is 0 Å². The van der Waals surface area contributed by atoms with Gasteiger partial charge in [-0.25, -0.2) is 0 Å². The maximum absolute atomic E-state index is 4.35. The standard InChI is InChI=1S/C13H13N2/c1-2-11(12-7-3-5-9-14-12)13-8-4-6-10-15-13/h3-10H,2H2,1H3. The van der Waals surface area contributed by atoms with Crippen LogP contribution in [0.2, 0.25) is 0 Å². The van der Waals surface area contributed by atoms with E-state index in [9.17, 15) is 0 Å². The molecule has 0 unspecified atom stereocenters. The summed E-state index contributed by atoms with van der Waals surface area (Å²) in [5, 5.41) is 0. The van der Waals surface area contributed by atoms with E-state index in [1.165, 1.54) is 5.92 Å². The predicted molar refractivity (Wildman–Crippen MR) is 60.2 cm³/mol. The van der Waals surface area contributed by atoms with Gasteiger partial charge in [-0.3, -0.25) is 9.97 Å². The largest absolute Gasteiger partial charge is 0.260 e. The van der Waals surface area contributed by atoms with Crippen LogP contribution in [0.3, 0.4) is 0 Å². The van der Waals surface area contributed by atoms with Crippen LogP contribution in [0.4, 0.5) is 0 Å². The first-order valence-corrected chi connectivity index (χ1v) is 5.10. The molecule has 0 saturated heterocycles. The Morgan fingerprint density at radius 3 is 1.80 bits per heavy atom. The van der Waals surface area contributed by atoms with E-state index in [0.717, 1.165) is 17.8 Å². The highest BCUT2D eigenvalue weighted by atomic mass is 14.7. The van der Waals surface area contributed by atoms with E-state index in [1.54, 1.807) is 0 Å². The lowest BCUT2D eigenvalue weighted by Gasteiger charge is -2.12. The number of pyridine rings is 2. The Hall–Kier alpha value is -1.70. The van der Waals surface area contributed by atoms with Crippen molar-refractivity contribution in [3.63, 3.8) is 0 Å². The van der Waals surface area contributed by atoms with Gasteiger partial charge in [-0.15, -0.1) is 0 Å². The third-order valence-electron chi connectivity index (χ3n) is 2.30. The lowest BCUT2D eigenvalue weighted by Crippen LogP contribution is -2.04. The molecule has 2 aromatic heterocycles. The van der Waals surface area contributed by atoms with Gasteiger partial charge in [0.15, 0.2) is 0 Å². The summed E-state index contributed by atoms with van der Waals surface area (Å²) in [6.45, 7) is 2.12. The summed E-state index contributed by atoms with van der Waals surface area (Å²) >= 11 is 0. The van der Waals surface area contributed by atoms with Gasteiger partial charge in [-0.1, -0.05) is 19.1 Å². The smallest absolute Gasteiger partial charge is 0.0712 e. The van der Waals surface area contributed by atoms with Gasteiger partial charge < -0.3 is 0 Å². The monoisotopic (exact) mass is 197 g/mol. The molecule has 1 radical (unpaired) electrons. The Kier molecular flexibility index (Phi) is 3.08. The third kappa shape index (κ3) is 2.21. The van der Waals surface area contributed by atoms with Crippen LogP contribution < -0.4 is 0 Å². The molecule has 0 aliphatic heterocycles. The summed E-state index contributed by atoms with van der Waals surface area (Å²) in [7, 11) is 0. The average Bonchev–Trinajstić information content (AvgIpc) is 2.33. The van der Waals surface area contributed by atoms with Gasteiger partial charge in [0.25, 0.3) is 0 Å². The zero-order valence-corrected chi connectivity index (χ0v) is 8.72. The van der Waals surface area contributed by atoms with Crippen molar-refractivity contribution >= 4 is 0 Å². The third-order valence-corrected chi connectivity index (χ3v) is 2.30. The molecule has 2 heteroatoms. The zero-order chi connectivity index (χ0) is 10.5. The first-order chi connectivity index (χ1) is 7.42. The van der Waals surface area contributed by atoms with E-state index in [4.69, 9.17) is 0 Å². The van der Waals surface area contributed by atoms with Gasteiger partial charge in [0.05, 0.1) is 17.3 Å². The Morgan fingerprint density at radius 1 is 0.933 bits per heavy atom. The Balaban J connectivity index is 2.34. The lowest BCUT2D eigenvalue weighted by atomic mass is 9.97. The van der Waals surface area contributed by atoms with Crippen LogP contribution in [-0.2, 0) is 0 Å². The lowest BCUT2D eigenvalue weighted by molar-refractivity contribution is 0.918. The fourth-order valence-corrected chi connectivity index (χ4v) is 1.58. The molecule has 0 atom stereocenters. The van der Waals surface area contributed by atoms with Crippen LogP contribution in [0.25, 0.3) is 0 Å². The summed E-state index contributed by atoms with van der Waals surface area (Å²) in [5.41, 5.74) is 2.03. The van der Waals surface area contributed by atoms with Gasteiger partial charge in [0, 0.05) is 12.4 Å². The van der Waals surface area contributed by atoms with Gasteiger partial charge in [0.2, 0.25) is 0 Å². The quantitative estimate of drug-likeness (QED) is 0.756. The minimum Gasteiger partial charge on any atom is -0.260 e. The van der Waals surface area contributed by atoms with Gasteiger partial charge >= 0.3 is 0 Å². The molecule has 0 fully saturated rings. The van der Waals surface area contributed by atoms with Crippen LogP contribution >= 0.6 is 0 Å². The molecular weight excluding hydrogens is 184 g/mol. The van der Waals surface area contributed by atoms with Crippen molar-refractivity contribution < 1.29 is 0 Å². The zero-order valence-electron chi connectivity index (χ0n) is 8.72. The summed E-state index contributed by atoms with van der Waals surface area (Å²) in [4.78, 5) is 8.70. The molecule has 0 aliphatic rings. The minimum absolute atomic E-state index is 0.939. The van der Waals surface area contributed by atoms with Crippen molar-refractivity contribution in [3.05, 3.63) is 66.1 Å². The molecular formula is C13H13N2. The maximum atomic E-state index is 4.35. The summed E-state index contributed by atoms with van der Waals surface area (Å²) < 4.78 is 0. The molecule has 0 aliphatic carbocycles. The fourth-order valence-electron chi connectivity index (χ4n) is 1.58. The van der Waals surface area contributed by atoms with Crippen molar-refractivity contribution in [2.75, 3.05) is 0 Å². The molecule has 0 N–H and O–H groups in total. The van der Waals surface area contributed by atoms with E-state index < -0.39 is 0 Å². The molecule has 2 heterocycles. The second-order valence-electron chi connectivity index (χ2n) is 3.26. The van der Waals surface area contributed by atoms with Crippen LogP contribution in [0.1, 0.15) is 24.7 Å². The minimum atomic E-state index is 0.939. The first kappa shape index (κ1) is 9.84. The van der Waals surface area contributed by atoms with E-state index in [2.05, 4.69) is 16.9 Å². The van der Waals surface area contributed by atoms with E-state index >= 15 is 0 Å². The highest BCUT2D eigenvalue weighted by Crippen LogP contribution is 2.22. The average molecular weight is 197 g/mol. The first-order valence-electron chi connectivity index (χ1n) is 5.10. The van der Waals surface area contributed by atoms with Crippen molar-refractivity contribution in [3.8, 4) is 0 Å². The Morgan fingerprint density at radius 2 is 1.47 bits per heavy atom. The summed E-state index contributed by atoms with van der Waals surface area (Å²) in [5.74, 6) is 1.19. The highest BCUT2D eigenvalue weighted by molar-refractivity contribution is 5.37. The van der Waals surface area contributed by atoms with Crippen molar-refractivity contribution in [1.29, 1.82) is 0 Å². The predicted octanol–water partition coefficient (Wildman–Crippen LogP) is 2.86. The molecule has 2 rings (SSSR count). The SMILES string of the molecule is CC[C](c1ccccn1)c1ccccn1. The van der Waals surface area contributed by atoms with Crippen LogP contribution in [-0.4, -0.2) is 9.97 Å². The van der Waals surface area contributed by atoms with E-state index in [0.29, 0.717) is 0 Å². The van der Waals surface area contributed by atoms with Crippen LogP contribution in [0, 0.1) is 5.92 Å². The van der Waals surface area contributed by atoms with Crippen LogP contribution in [0.15, 0.2) is 48.8 Å². The van der Waals surface area contributed by atoms with Crippen molar-refractivity contribution in [1.82, 2.24) is 9.97 Å². The molecule has 0 saturated carbocycles.